The summed E-state index contributed by atoms with van der Waals surface area (Å²) in [6, 6.07) is 7.41. The maximum absolute atomic E-state index is 13.1. The number of aromatic nitrogens is 2. The van der Waals surface area contributed by atoms with Crippen LogP contribution in [-0.4, -0.2) is 30.3 Å². The van der Waals surface area contributed by atoms with Gasteiger partial charge in [0, 0.05) is 12.4 Å². The van der Waals surface area contributed by atoms with Crippen LogP contribution >= 0.6 is 0 Å². The van der Waals surface area contributed by atoms with E-state index in [1.807, 2.05) is 0 Å². The predicted molar refractivity (Wildman–Crippen MR) is 77.3 cm³/mol. The van der Waals surface area contributed by atoms with E-state index in [0.717, 1.165) is 0 Å². The van der Waals surface area contributed by atoms with Gasteiger partial charge in [0.05, 0.1) is 18.4 Å². The Bertz CT molecular complexity index is 845. The van der Waals surface area contributed by atoms with E-state index in [1.165, 1.54) is 19.2 Å². The summed E-state index contributed by atoms with van der Waals surface area (Å²) in [5.74, 6) is -0.823. The number of nitrogens with zero attached hydrogens (tertiary/aromatic N) is 2. The summed E-state index contributed by atoms with van der Waals surface area (Å²) in [6.07, 6.45) is 3.47. The second-order valence-corrected chi connectivity index (χ2v) is 4.53. The van der Waals surface area contributed by atoms with Crippen LogP contribution in [0.1, 0.15) is 10.4 Å². The first-order chi connectivity index (χ1) is 10.1. The molecule has 2 aromatic heterocycles. The van der Waals surface area contributed by atoms with Gasteiger partial charge in [-0.2, -0.15) is 0 Å². The molecule has 0 bridgehead atoms. The van der Waals surface area contributed by atoms with Gasteiger partial charge in [0.2, 0.25) is 0 Å². The normalized spacial score (nSPS) is 10.8. The molecule has 0 N–H and O–H groups in total. The highest BCUT2D eigenvalue weighted by molar-refractivity contribution is 6.35. The standard InChI is InChI=1S/C15H10BFN2O2/c1-21-15(20)9-4-5-19-8-13(18-14(19)6-9)11-3-2-10(17)7-12(11)16/h2-8H,1H3. The summed E-state index contributed by atoms with van der Waals surface area (Å²) < 4.78 is 19.5. The highest BCUT2D eigenvalue weighted by atomic mass is 19.1. The van der Waals surface area contributed by atoms with Gasteiger partial charge in [-0.05, 0) is 29.8 Å². The van der Waals surface area contributed by atoms with Crippen LogP contribution < -0.4 is 5.46 Å². The van der Waals surface area contributed by atoms with Crippen molar-refractivity contribution in [1.82, 2.24) is 9.38 Å². The number of hydrogen-bond donors (Lipinski definition) is 0. The van der Waals surface area contributed by atoms with Crippen LogP contribution in [0, 0.1) is 5.82 Å². The number of methoxy groups -OCH3 is 1. The average molecular weight is 280 g/mol. The summed E-state index contributed by atoms with van der Waals surface area (Å²) in [5.41, 5.74) is 2.55. The Labute approximate surface area is 121 Å². The third kappa shape index (κ3) is 2.40. The van der Waals surface area contributed by atoms with Crippen molar-refractivity contribution in [3.63, 3.8) is 0 Å². The fourth-order valence-corrected chi connectivity index (χ4v) is 2.12. The molecular weight excluding hydrogens is 270 g/mol. The van der Waals surface area contributed by atoms with Gasteiger partial charge >= 0.3 is 5.97 Å². The molecule has 21 heavy (non-hydrogen) atoms. The molecule has 0 unspecified atom stereocenters. The quantitative estimate of drug-likeness (QED) is 0.530. The predicted octanol–water partition coefficient (Wildman–Crippen LogP) is 1.72. The zero-order valence-electron chi connectivity index (χ0n) is 11.2. The monoisotopic (exact) mass is 280 g/mol. The minimum Gasteiger partial charge on any atom is -0.465 e. The molecule has 3 rings (SSSR count). The lowest BCUT2D eigenvalue weighted by Gasteiger charge is -2.01. The maximum atomic E-state index is 13.1. The van der Waals surface area contributed by atoms with Crippen LogP contribution in [-0.2, 0) is 4.74 Å². The zero-order valence-corrected chi connectivity index (χ0v) is 11.2. The number of hydrogen-bond acceptors (Lipinski definition) is 3. The van der Waals surface area contributed by atoms with Crippen LogP contribution in [0.2, 0.25) is 0 Å². The van der Waals surface area contributed by atoms with Crippen molar-refractivity contribution in [1.29, 1.82) is 0 Å². The largest absolute Gasteiger partial charge is 0.465 e. The number of imidazole rings is 1. The smallest absolute Gasteiger partial charge is 0.338 e. The SMILES string of the molecule is [B]c1cc(F)ccc1-c1cn2ccc(C(=O)OC)cc2n1. The number of carbonyl (C=O) groups excluding carboxylic acids is 1. The van der Waals surface area contributed by atoms with Gasteiger partial charge in [-0.3, -0.25) is 0 Å². The molecule has 102 valence electrons. The van der Waals surface area contributed by atoms with Gasteiger partial charge in [-0.1, -0.05) is 11.5 Å². The minimum absolute atomic E-state index is 0.312. The number of rotatable bonds is 2. The number of benzene rings is 1. The molecule has 0 aliphatic heterocycles. The Morgan fingerprint density at radius 1 is 1.33 bits per heavy atom. The second-order valence-electron chi connectivity index (χ2n) is 4.53. The molecule has 0 spiro atoms. The first-order valence-corrected chi connectivity index (χ1v) is 6.21. The number of esters is 1. The number of ether oxygens (including phenoxy) is 1. The van der Waals surface area contributed by atoms with Gasteiger partial charge in [0.25, 0.3) is 0 Å². The van der Waals surface area contributed by atoms with E-state index in [4.69, 9.17) is 7.85 Å². The van der Waals surface area contributed by atoms with E-state index in [0.29, 0.717) is 27.9 Å². The topological polar surface area (TPSA) is 43.6 Å². The minimum atomic E-state index is -0.427. The van der Waals surface area contributed by atoms with Gasteiger partial charge in [0.15, 0.2) is 0 Å². The third-order valence-electron chi connectivity index (χ3n) is 3.17. The summed E-state index contributed by atoms with van der Waals surface area (Å²) in [6.45, 7) is 0. The Hall–Kier alpha value is -2.63. The Morgan fingerprint density at radius 2 is 2.14 bits per heavy atom. The molecule has 0 amide bonds. The molecule has 4 nitrogen and oxygen atoms in total. The van der Waals surface area contributed by atoms with Crippen LogP contribution in [0.3, 0.4) is 0 Å². The van der Waals surface area contributed by atoms with E-state index < -0.39 is 11.8 Å². The molecule has 3 aromatic rings. The van der Waals surface area contributed by atoms with Crippen LogP contribution in [0.4, 0.5) is 4.39 Å². The molecule has 0 aliphatic rings. The fourth-order valence-electron chi connectivity index (χ4n) is 2.12. The Balaban J connectivity index is 2.10. The highest BCUT2D eigenvalue weighted by Gasteiger charge is 2.10. The van der Waals surface area contributed by atoms with Crippen LogP contribution in [0.25, 0.3) is 16.9 Å². The zero-order chi connectivity index (χ0) is 15.0. The number of carbonyl (C=O) groups is 1. The fraction of sp³-hybridized carbons (Fsp3) is 0.0667. The summed E-state index contributed by atoms with van der Waals surface area (Å²) in [4.78, 5) is 15.9. The number of halogens is 1. The first kappa shape index (κ1) is 13.4. The van der Waals surface area contributed by atoms with Crippen LogP contribution in [0.5, 0.6) is 0 Å². The molecule has 0 saturated carbocycles. The second kappa shape index (κ2) is 5.05. The summed E-state index contributed by atoms with van der Waals surface area (Å²) >= 11 is 0. The lowest BCUT2D eigenvalue weighted by Crippen LogP contribution is -2.07. The van der Waals surface area contributed by atoms with E-state index >= 15 is 0 Å². The van der Waals surface area contributed by atoms with E-state index in [-0.39, 0.29) is 0 Å². The maximum Gasteiger partial charge on any atom is 0.338 e. The van der Waals surface area contributed by atoms with Gasteiger partial charge in [-0.25, -0.2) is 14.2 Å². The summed E-state index contributed by atoms with van der Waals surface area (Å²) in [5, 5.41) is 0. The Kier molecular flexibility index (Phi) is 3.21. The number of pyridine rings is 1. The van der Waals surface area contributed by atoms with Crippen molar-refractivity contribution in [2.24, 2.45) is 0 Å². The van der Waals surface area contributed by atoms with Crippen LogP contribution in [0.15, 0.2) is 42.7 Å². The first-order valence-electron chi connectivity index (χ1n) is 6.21. The molecule has 0 fully saturated rings. The summed E-state index contributed by atoms with van der Waals surface area (Å²) in [7, 11) is 7.13. The molecule has 0 atom stereocenters. The van der Waals surface area contributed by atoms with Crippen molar-refractivity contribution in [2.45, 2.75) is 0 Å². The van der Waals surface area contributed by atoms with E-state index in [9.17, 15) is 9.18 Å². The van der Waals surface area contributed by atoms with Gasteiger partial charge in [0.1, 0.15) is 19.3 Å². The third-order valence-corrected chi connectivity index (χ3v) is 3.17. The average Bonchev–Trinajstić information content (AvgIpc) is 2.88. The molecule has 0 saturated heterocycles. The molecule has 1 aromatic carbocycles. The van der Waals surface area contributed by atoms with Crippen molar-refractivity contribution < 1.29 is 13.9 Å². The molecule has 2 heterocycles. The van der Waals surface area contributed by atoms with Gasteiger partial charge in [-0.15, -0.1) is 0 Å². The molecular formula is C15H10BFN2O2. The van der Waals surface area contributed by atoms with Crippen molar-refractivity contribution in [2.75, 3.05) is 7.11 Å². The lowest BCUT2D eigenvalue weighted by atomic mass is 9.89. The Morgan fingerprint density at radius 3 is 2.86 bits per heavy atom. The van der Waals surface area contributed by atoms with E-state index in [2.05, 4.69) is 9.72 Å². The molecule has 2 radical (unpaired) electrons. The highest BCUT2D eigenvalue weighted by Crippen LogP contribution is 2.18. The van der Waals surface area contributed by atoms with E-state index in [1.54, 1.807) is 35.0 Å². The lowest BCUT2D eigenvalue weighted by molar-refractivity contribution is 0.0600. The van der Waals surface area contributed by atoms with Crippen molar-refractivity contribution >= 4 is 24.9 Å². The number of fused-ring (bicyclic) bond motifs is 1. The van der Waals surface area contributed by atoms with Crippen molar-refractivity contribution in [3.05, 3.63) is 54.1 Å². The van der Waals surface area contributed by atoms with Crippen molar-refractivity contribution in [3.8, 4) is 11.3 Å². The molecule has 0 aliphatic carbocycles. The molecule has 6 heteroatoms. The van der Waals surface area contributed by atoms with Gasteiger partial charge < -0.3 is 9.14 Å².